The third kappa shape index (κ3) is 4.78. The number of hydrogen-bond donors (Lipinski definition) is 3. The molecule has 0 aliphatic rings. The molecule has 0 aromatic carbocycles. The molecule has 0 unspecified atom stereocenters. The minimum atomic E-state index is -0.695. The summed E-state index contributed by atoms with van der Waals surface area (Å²) in [6, 6.07) is 1.89. The summed E-state index contributed by atoms with van der Waals surface area (Å²) >= 11 is 0. The second-order valence-electron chi connectivity index (χ2n) is 4.94. The Morgan fingerprint density at radius 2 is 2.25 bits per heavy atom. The second-order valence-corrected chi connectivity index (χ2v) is 4.94. The van der Waals surface area contributed by atoms with Gasteiger partial charge in [-0.3, -0.25) is 10.4 Å². The molecule has 8 nitrogen and oxygen atoms in total. The Bertz CT molecular complexity index is 499. The molecule has 8 heteroatoms. The lowest BCUT2D eigenvalue weighted by atomic mass is 10.2. The van der Waals surface area contributed by atoms with E-state index in [4.69, 9.17) is 19.8 Å². The SMILES string of the molecule is CC(C)(C)OC(=O)Nc1[nH]nc(OCCCO)c1C#N. The first-order valence-electron chi connectivity index (χ1n) is 6.09. The fourth-order valence-electron chi connectivity index (χ4n) is 1.26. The lowest BCUT2D eigenvalue weighted by Gasteiger charge is -2.19. The van der Waals surface area contributed by atoms with Gasteiger partial charge in [0.1, 0.15) is 11.7 Å². The molecule has 0 spiro atoms. The summed E-state index contributed by atoms with van der Waals surface area (Å²) in [5, 5.41) is 26.4. The van der Waals surface area contributed by atoms with Crippen LogP contribution < -0.4 is 10.1 Å². The zero-order valence-electron chi connectivity index (χ0n) is 11.7. The zero-order valence-corrected chi connectivity index (χ0v) is 11.7. The molecule has 0 fully saturated rings. The van der Waals surface area contributed by atoms with E-state index >= 15 is 0 Å². The quantitative estimate of drug-likeness (QED) is 0.702. The van der Waals surface area contributed by atoms with Crippen LogP contribution in [0.15, 0.2) is 0 Å². The number of carbonyl (C=O) groups excluding carboxylic acids is 1. The van der Waals surface area contributed by atoms with E-state index in [9.17, 15) is 4.79 Å². The number of amides is 1. The summed E-state index contributed by atoms with van der Waals surface area (Å²) < 4.78 is 10.3. The fourth-order valence-corrected chi connectivity index (χ4v) is 1.26. The van der Waals surface area contributed by atoms with Crippen molar-refractivity contribution in [2.75, 3.05) is 18.5 Å². The van der Waals surface area contributed by atoms with E-state index in [1.54, 1.807) is 20.8 Å². The van der Waals surface area contributed by atoms with Gasteiger partial charge in [-0.15, -0.1) is 5.10 Å². The third-order valence-corrected chi connectivity index (χ3v) is 2.01. The monoisotopic (exact) mass is 282 g/mol. The Morgan fingerprint density at radius 3 is 2.80 bits per heavy atom. The topological polar surface area (TPSA) is 120 Å². The Kier molecular flexibility index (Phi) is 5.34. The molecule has 0 saturated heterocycles. The molecule has 1 rings (SSSR count). The van der Waals surface area contributed by atoms with E-state index in [0.29, 0.717) is 6.42 Å². The fraction of sp³-hybridized carbons (Fsp3) is 0.583. The molecule has 0 atom stereocenters. The van der Waals surface area contributed by atoms with Crippen molar-refractivity contribution < 1.29 is 19.4 Å². The van der Waals surface area contributed by atoms with Gasteiger partial charge in [-0.05, 0) is 20.8 Å². The summed E-state index contributed by atoms with van der Waals surface area (Å²) in [4.78, 5) is 11.6. The van der Waals surface area contributed by atoms with Gasteiger partial charge in [-0.2, -0.15) is 5.26 Å². The Morgan fingerprint density at radius 1 is 1.55 bits per heavy atom. The number of ether oxygens (including phenoxy) is 2. The summed E-state index contributed by atoms with van der Waals surface area (Å²) in [5.74, 6) is 0.188. The van der Waals surface area contributed by atoms with Gasteiger partial charge >= 0.3 is 6.09 Å². The average molecular weight is 282 g/mol. The van der Waals surface area contributed by atoms with Crippen LogP contribution in [0.3, 0.4) is 0 Å². The van der Waals surface area contributed by atoms with Crippen LogP contribution in [-0.2, 0) is 4.74 Å². The maximum absolute atomic E-state index is 11.6. The van der Waals surface area contributed by atoms with Gasteiger partial charge in [0, 0.05) is 13.0 Å². The number of anilines is 1. The lowest BCUT2D eigenvalue weighted by molar-refractivity contribution is 0.0635. The van der Waals surface area contributed by atoms with Crippen molar-refractivity contribution in [2.24, 2.45) is 0 Å². The van der Waals surface area contributed by atoms with Crippen molar-refractivity contribution in [1.29, 1.82) is 5.26 Å². The summed E-state index contributed by atoms with van der Waals surface area (Å²) in [7, 11) is 0. The van der Waals surface area contributed by atoms with E-state index in [1.807, 2.05) is 6.07 Å². The van der Waals surface area contributed by atoms with E-state index in [0.717, 1.165) is 0 Å². The van der Waals surface area contributed by atoms with Crippen LogP contribution in [0.25, 0.3) is 0 Å². The largest absolute Gasteiger partial charge is 0.476 e. The number of nitrogens with one attached hydrogen (secondary N) is 2. The lowest BCUT2D eigenvalue weighted by Crippen LogP contribution is -2.27. The zero-order chi connectivity index (χ0) is 15.2. The predicted octanol–water partition coefficient (Wildman–Crippen LogP) is 1.39. The van der Waals surface area contributed by atoms with E-state index in [-0.39, 0.29) is 30.5 Å². The molecular weight excluding hydrogens is 264 g/mol. The van der Waals surface area contributed by atoms with Crippen LogP contribution in [0.4, 0.5) is 10.6 Å². The number of aliphatic hydroxyl groups excluding tert-OH is 1. The smallest absolute Gasteiger partial charge is 0.413 e. The highest BCUT2D eigenvalue weighted by molar-refractivity contribution is 5.85. The molecule has 3 N–H and O–H groups in total. The Labute approximate surface area is 116 Å². The summed E-state index contributed by atoms with van der Waals surface area (Å²) in [5.41, 5.74) is -0.564. The van der Waals surface area contributed by atoms with Crippen LogP contribution in [0, 0.1) is 11.3 Å². The van der Waals surface area contributed by atoms with Gasteiger partial charge in [0.15, 0.2) is 11.4 Å². The van der Waals surface area contributed by atoms with Crippen molar-refractivity contribution in [2.45, 2.75) is 32.8 Å². The van der Waals surface area contributed by atoms with Crippen molar-refractivity contribution in [3.05, 3.63) is 5.56 Å². The van der Waals surface area contributed by atoms with Crippen molar-refractivity contribution >= 4 is 11.9 Å². The maximum atomic E-state index is 11.6. The first-order valence-corrected chi connectivity index (χ1v) is 6.09. The molecule has 0 aliphatic heterocycles. The van der Waals surface area contributed by atoms with Crippen LogP contribution in [0.1, 0.15) is 32.8 Å². The number of nitrogens with zero attached hydrogens (tertiary/aromatic N) is 2. The van der Waals surface area contributed by atoms with Gasteiger partial charge in [-0.1, -0.05) is 0 Å². The van der Waals surface area contributed by atoms with E-state index < -0.39 is 11.7 Å². The number of hydrogen-bond acceptors (Lipinski definition) is 6. The molecule has 0 saturated carbocycles. The number of aliphatic hydroxyl groups is 1. The number of rotatable bonds is 5. The maximum Gasteiger partial charge on any atom is 0.413 e. The number of aromatic amines is 1. The predicted molar refractivity (Wildman–Crippen MR) is 70.4 cm³/mol. The van der Waals surface area contributed by atoms with Crippen molar-refractivity contribution in [1.82, 2.24) is 10.2 Å². The standard InChI is InChI=1S/C12H18N4O4/c1-12(2,3)20-11(18)14-9-8(7-13)10(16-15-9)19-6-4-5-17/h17H,4-6H2,1-3H3,(H2,14,15,16,18). The van der Waals surface area contributed by atoms with Crippen LogP contribution in [0.2, 0.25) is 0 Å². The molecule has 0 aliphatic carbocycles. The molecular formula is C12H18N4O4. The van der Waals surface area contributed by atoms with Gasteiger partial charge in [0.25, 0.3) is 5.88 Å². The molecule has 20 heavy (non-hydrogen) atoms. The normalized spacial score (nSPS) is 10.8. The van der Waals surface area contributed by atoms with Crippen LogP contribution in [-0.4, -0.2) is 40.2 Å². The highest BCUT2D eigenvalue weighted by Gasteiger charge is 2.20. The average Bonchev–Trinajstić information content (AvgIpc) is 2.69. The van der Waals surface area contributed by atoms with Gasteiger partial charge in [0.05, 0.1) is 6.61 Å². The Balaban J connectivity index is 2.72. The molecule has 110 valence electrons. The summed E-state index contributed by atoms with van der Waals surface area (Å²) in [6.45, 7) is 5.40. The number of nitriles is 1. The van der Waals surface area contributed by atoms with Crippen molar-refractivity contribution in [3.8, 4) is 11.9 Å². The molecule has 1 aromatic rings. The third-order valence-electron chi connectivity index (χ3n) is 2.01. The van der Waals surface area contributed by atoms with E-state index in [1.165, 1.54) is 0 Å². The minimum absolute atomic E-state index is 0.0185. The van der Waals surface area contributed by atoms with Crippen molar-refractivity contribution in [3.63, 3.8) is 0 Å². The number of aromatic nitrogens is 2. The molecule has 1 amide bonds. The van der Waals surface area contributed by atoms with Crippen LogP contribution >= 0.6 is 0 Å². The second kappa shape index (κ2) is 6.77. The highest BCUT2D eigenvalue weighted by atomic mass is 16.6. The van der Waals surface area contributed by atoms with Gasteiger partial charge < -0.3 is 14.6 Å². The van der Waals surface area contributed by atoms with Gasteiger partial charge in [0.2, 0.25) is 0 Å². The Hall–Kier alpha value is -2.27. The van der Waals surface area contributed by atoms with Crippen LogP contribution in [0.5, 0.6) is 5.88 Å². The number of carbonyl (C=O) groups is 1. The highest BCUT2D eigenvalue weighted by Crippen LogP contribution is 2.22. The van der Waals surface area contributed by atoms with Gasteiger partial charge in [-0.25, -0.2) is 4.79 Å². The molecule has 0 bridgehead atoms. The van der Waals surface area contributed by atoms with E-state index in [2.05, 4.69) is 15.5 Å². The molecule has 0 radical (unpaired) electrons. The minimum Gasteiger partial charge on any atom is -0.476 e. The molecule has 1 aromatic heterocycles. The number of H-pyrrole nitrogens is 1. The molecule has 1 heterocycles. The first kappa shape index (κ1) is 15.8. The summed E-state index contributed by atoms with van der Waals surface area (Å²) in [6.07, 6.45) is -0.272. The first-order chi connectivity index (χ1) is 9.37.